The lowest BCUT2D eigenvalue weighted by Gasteiger charge is -2.36. The predicted octanol–water partition coefficient (Wildman–Crippen LogP) is 1.97. The Morgan fingerprint density at radius 2 is 1.78 bits per heavy atom. The standard InChI is InChI=1S/C26H29N7O3/c27-25-22(15-21(30-31-25)19-3-1-2-4-23(19)34)33-13-11-32(12-14-33)16-17-5-7-18(8-6-17)28-20-9-10-24(35)29-26(20)36/h1-8,15,20,28,34H,9-14,16H2,(H2,27,31)(H,29,35,36). The zero-order valence-corrected chi connectivity index (χ0v) is 19.9. The number of aromatic nitrogens is 2. The Labute approximate surface area is 209 Å². The monoisotopic (exact) mass is 487 g/mol. The van der Waals surface area contributed by atoms with Gasteiger partial charge >= 0.3 is 0 Å². The number of nitrogens with two attached hydrogens (primary N) is 1. The van der Waals surface area contributed by atoms with Gasteiger partial charge in [0.2, 0.25) is 11.8 Å². The highest BCUT2D eigenvalue weighted by Gasteiger charge is 2.26. The van der Waals surface area contributed by atoms with Crippen molar-refractivity contribution in [3.05, 3.63) is 60.2 Å². The molecule has 0 spiro atoms. The van der Waals surface area contributed by atoms with Crippen molar-refractivity contribution >= 4 is 29.0 Å². The first-order chi connectivity index (χ1) is 17.5. The maximum absolute atomic E-state index is 12.0. The topological polar surface area (TPSA) is 137 Å². The van der Waals surface area contributed by atoms with Gasteiger partial charge in [0.1, 0.15) is 11.8 Å². The van der Waals surface area contributed by atoms with E-state index in [1.807, 2.05) is 30.3 Å². The third kappa shape index (κ3) is 5.23. The van der Waals surface area contributed by atoms with Gasteiger partial charge in [0.25, 0.3) is 0 Å². The van der Waals surface area contributed by atoms with Crippen LogP contribution in [0, 0.1) is 0 Å². The van der Waals surface area contributed by atoms with Gasteiger partial charge in [-0.2, -0.15) is 0 Å². The second-order valence-electron chi connectivity index (χ2n) is 9.13. The van der Waals surface area contributed by atoms with Gasteiger partial charge in [-0.15, -0.1) is 10.2 Å². The molecule has 10 nitrogen and oxygen atoms in total. The minimum absolute atomic E-state index is 0.158. The summed E-state index contributed by atoms with van der Waals surface area (Å²) in [6.45, 7) is 4.14. The van der Waals surface area contributed by atoms with Gasteiger partial charge in [0.05, 0.1) is 11.4 Å². The van der Waals surface area contributed by atoms with Gasteiger partial charge in [0.15, 0.2) is 5.82 Å². The number of phenolic OH excluding ortho intramolecular Hbond substituents is 1. The van der Waals surface area contributed by atoms with Gasteiger partial charge in [-0.1, -0.05) is 24.3 Å². The number of hydrogen-bond donors (Lipinski definition) is 4. The molecule has 2 aliphatic heterocycles. The summed E-state index contributed by atoms with van der Waals surface area (Å²) in [6.07, 6.45) is 0.854. The summed E-state index contributed by atoms with van der Waals surface area (Å²) in [6, 6.07) is 16.6. The molecule has 1 unspecified atom stereocenters. The van der Waals surface area contributed by atoms with E-state index in [4.69, 9.17) is 5.73 Å². The molecule has 10 heteroatoms. The van der Waals surface area contributed by atoms with E-state index in [0.717, 1.165) is 44.1 Å². The number of aromatic hydroxyl groups is 1. The summed E-state index contributed by atoms with van der Waals surface area (Å²) in [5, 5.41) is 24.1. The van der Waals surface area contributed by atoms with Crippen LogP contribution in [0.1, 0.15) is 18.4 Å². The molecule has 0 aliphatic carbocycles. The zero-order valence-electron chi connectivity index (χ0n) is 19.9. The predicted molar refractivity (Wildman–Crippen MR) is 137 cm³/mol. The number of phenols is 1. The lowest BCUT2D eigenvalue weighted by atomic mass is 10.1. The third-order valence-electron chi connectivity index (χ3n) is 6.63. The van der Waals surface area contributed by atoms with Crippen molar-refractivity contribution < 1.29 is 14.7 Å². The number of nitrogen functional groups attached to an aromatic ring is 1. The number of benzene rings is 2. The van der Waals surface area contributed by atoms with Crippen molar-refractivity contribution in [1.82, 2.24) is 20.4 Å². The van der Waals surface area contributed by atoms with Gasteiger partial charge in [-0.3, -0.25) is 19.8 Å². The van der Waals surface area contributed by atoms with Crippen LogP contribution in [0.25, 0.3) is 11.3 Å². The van der Waals surface area contributed by atoms with E-state index in [1.165, 1.54) is 5.56 Å². The van der Waals surface area contributed by atoms with Crippen LogP contribution in [0.5, 0.6) is 5.75 Å². The Morgan fingerprint density at radius 1 is 1.03 bits per heavy atom. The molecule has 2 saturated heterocycles. The van der Waals surface area contributed by atoms with Crippen molar-refractivity contribution in [2.24, 2.45) is 0 Å². The number of amides is 2. The number of piperidine rings is 1. The minimum atomic E-state index is -0.386. The van der Waals surface area contributed by atoms with Crippen LogP contribution >= 0.6 is 0 Å². The first-order valence-corrected chi connectivity index (χ1v) is 12.0. The fourth-order valence-corrected chi connectivity index (χ4v) is 4.61. The van der Waals surface area contributed by atoms with Crippen LogP contribution in [0.2, 0.25) is 0 Å². The third-order valence-corrected chi connectivity index (χ3v) is 6.63. The molecular formula is C26H29N7O3. The highest BCUT2D eigenvalue weighted by atomic mass is 16.3. The number of imide groups is 1. The number of nitrogens with zero attached hydrogens (tertiary/aromatic N) is 4. The lowest BCUT2D eigenvalue weighted by molar-refractivity contribution is -0.133. The summed E-state index contributed by atoms with van der Waals surface area (Å²) in [5.41, 5.74) is 10.2. The molecule has 5 N–H and O–H groups in total. The summed E-state index contributed by atoms with van der Waals surface area (Å²) >= 11 is 0. The normalized spacial score (nSPS) is 18.7. The van der Waals surface area contributed by atoms with Crippen LogP contribution in [0.15, 0.2) is 54.6 Å². The van der Waals surface area contributed by atoms with Crippen LogP contribution in [0.4, 0.5) is 17.2 Å². The second kappa shape index (κ2) is 10.2. The Kier molecular flexibility index (Phi) is 6.68. The average molecular weight is 488 g/mol. The molecule has 5 rings (SSSR count). The average Bonchev–Trinajstić information content (AvgIpc) is 2.88. The van der Waals surface area contributed by atoms with E-state index in [-0.39, 0.29) is 23.6 Å². The number of carbonyl (C=O) groups excluding carboxylic acids is 2. The number of piperazine rings is 1. The zero-order chi connectivity index (χ0) is 25.1. The maximum atomic E-state index is 12.0. The Morgan fingerprint density at radius 3 is 2.50 bits per heavy atom. The molecule has 0 saturated carbocycles. The van der Waals surface area contributed by atoms with E-state index in [9.17, 15) is 14.7 Å². The highest BCUT2D eigenvalue weighted by molar-refractivity contribution is 6.01. The molecule has 0 radical (unpaired) electrons. The number of hydrogen-bond acceptors (Lipinski definition) is 9. The van der Waals surface area contributed by atoms with Crippen LogP contribution in [-0.4, -0.2) is 64.2 Å². The van der Waals surface area contributed by atoms with Crippen molar-refractivity contribution in [1.29, 1.82) is 0 Å². The number of anilines is 3. The molecular weight excluding hydrogens is 458 g/mol. The fourth-order valence-electron chi connectivity index (χ4n) is 4.61. The molecule has 2 aliphatic rings. The largest absolute Gasteiger partial charge is 0.507 e. The summed E-state index contributed by atoms with van der Waals surface area (Å²) in [5.74, 6) is 0.0469. The molecule has 1 aromatic heterocycles. The second-order valence-corrected chi connectivity index (χ2v) is 9.13. The van der Waals surface area contributed by atoms with Gasteiger partial charge in [-0.05, 0) is 42.3 Å². The lowest BCUT2D eigenvalue weighted by Crippen LogP contribution is -2.47. The van der Waals surface area contributed by atoms with Crippen LogP contribution in [0.3, 0.4) is 0 Å². The molecule has 2 aromatic carbocycles. The van der Waals surface area contributed by atoms with E-state index in [0.29, 0.717) is 29.9 Å². The van der Waals surface area contributed by atoms with E-state index < -0.39 is 0 Å². The SMILES string of the molecule is Nc1nnc(-c2ccccc2O)cc1N1CCN(Cc2ccc(NC3CCC(=O)NC3=O)cc2)CC1. The van der Waals surface area contributed by atoms with Crippen molar-refractivity contribution in [3.63, 3.8) is 0 Å². The molecule has 0 bridgehead atoms. The number of nitrogens with one attached hydrogen (secondary N) is 2. The van der Waals surface area contributed by atoms with Crippen molar-refractivity contribution in [2.45, 2.75) is 25.4 Å². The summed E-state index contributed by atoms with van der Waals surface area (Å²) in [4.78, 5) is 27.9. The number of para-hydroxylation sites is 1. The Balaban J connectivity index is 1.17. The van der Waals surface area contributed by atoms with Gasteiger partial charge in [-0.25, -0.2) is 0 Å². The Bertz CT molecular complexity index is 1260. The molecule has 2 fully saturated rings. The first-order valence-electron chi connectivity index (χ1n) is 12.0. The van der Waals surface area contributed by atoms with Gasteiger partial charge in [0, 0.05) is 50.4 Å². The minimum Gasteiger partial charge on any atom is -0.507 e. The fraction of sp³-hybridized carbons (Fsp3) is 0.308. The van der Waals surface area contributed by atoms with E-state index in [1.54, 1.807) is 12.1 Å². The maximum Gasteiger partial charge on any atom is 0.249 e. The molecule has 3 aromatic rings. The van der Waals surface area contributed by atoms with E-state index >= 15 is 0 Å². The summed E-state index contributed by atoms with van der Waals surface area (Å²) < 4.78 is 0. The molecule has 3 heterocycles. The molecule has 2 amide bonds. The van der Waals surface area contributed by atoms with Crippen molar-refractivity contribution in [3.8, 4) is 17.0 Å². The smallest absolute Gasteiger partial charge is 0.249 e. The molecule has 186 valence electrons. The number of carbonyl (C=O) groups is 2. The Hall–Kier alpha value is -4.18. The highest BCUT2D eigenvalue weighted by Crippen LogP contribution is 2.31. The quantitative estimate of drug-likeness (QED) is 0.385. The van der Waals surface area contributed by atoms with E-state index in [2.05, 4.69) is 42.8 Å². The van der Waals surface area contributed by atoms with Crippen molar-refractivity contribution in [2.75, 3.05) is 42.1 Å². The van der Waals surface area contributed by atoms with Crippen LogP contribution < -0.4 is 21.3 Å². The van der Waals surface area contributed by atoms with Gasteiger partial charge < -0.3 is 21.1 Å². The summed E-state index contributed by atoms with van der Waals surface area (Å²) in [7, 11) is 0. The first kappa shape index (κ1) is 23.6. The number of rotatable bonds is 6. The van der Waals surface area contributed by atoms with Crippen LogP contribution in [-0.2, 0) is 16.1 Å². The molecule has 36 heavy (non-hydrogen) atoms. The molecule has 1 atom stereocenters.